The van der Waals surface area contributed by atoms with E-state index in [9.17, 15) is 4.79 Å². The van der Waals surface area contributed by atoms with Gasteiger partial charge in [-0.05, 0) is 50.1 Å². The summed E-state index contributed by atoms with van der Waals surface area (Å²) < 4.78 is 6.40. The third-order valence-corrected chi connectivity index (χ3v) is 3.84. The van der Waals surface area contributed by atoms with Crippen LogP contribution < -0.4 is 11.1 Å². The van der Waals surface area contributed by atoms with Crippen molar-refractivity contribution in [1.29, 1.82) is 0 Å². The Morgan fingerprint density at radius 1 is 1.35 bits per heavy atom. The van der Waals surface area contributed by atoms with Crippen molar-refractivity contribution in [2.75, 3.05) is 18.2 Å². The van der Waals surface area contributed by atoms with Gasteiger partial charge < -0.3 is 15.8 Å². The number of ether oxygens (including phenoxy) is 1. The number of carbonyl (C=O) groups is 1. The summed E-state index contributed by atoms with van der Waals surface area (Å²) in [6.45, 7) is 0. The van der Waals surface area contributed by atoms with E-state index >= 15 is 0 Å². The molecule has 104 valence electrons. The number of nitrogens with two attached hydrogens (primary N) is 1. The second kappa shape index (κ2) is 6.23. The molecule has 20 heavy (non-hydrogen) atoms. The van der Waals surface area contributed by atoms with Crippen LogP contribution in [0, 0.1) is 0 Å². The van der Waals surface area contributed by atoms with Crippen LogP contribution in [0.4, 0.5) is 17.2 Å². The van der Waals surface area contributed by atoms with E-state index < -0.39 is 5.97 Å². The van der Waals surface area contributed by atoms with Crippen LogP contribution in [0.5, 0.6) is 0 Å². The Bertz CT molecular complexity index is 642. The zero-order chi connectivity index (χ0) is 14.7. The van der Waals surface area contributed by atoms with Crippen LogP contribution in [0.15, 0.2) is 39.4 Å². The molecule has 3 N–H and O–H groups in total. The molecule has 2 aromatic rings. The van der Waals surface area contributed by atoms with E-state index in [4.69, 9.17) is 10.5 Å². The molecule has 0 saturated carbocycles. The van der Waals surface area contributed by atoms with Crippen LogP contribution in [-0.4, -0.2) is 18.1 Å². The summed E-state index contributed by atoms with van der Waals surface area (Å²) >= 11 is 6.87. The lowest BCUT2D eigenvalue weighted by molar-refractivity contribution is 0.0601. The third kappa shape index (κ3) is 3.10. The van der Waals surface area contributed by atoms with Crippen molar-refractivity contribution in [1.82, 2.24) is 4.98 Å². The van der Waals surface area contributed by atoms with Crippen molar-refractivity contribution >= 4 is 55.0 Å². The van der Waals surface area contributed by atoms with E-state index in [1.165, 1.54) is 19.4 Å². The molecular formula is C13H11Br2N3O2. The Morgan fingerprint density at radius 3 is 2.60 bits per heavy atom. The molecule has 2 rings (SSSR count). The van der Waals surface area contributed by atoms with Gasteiger partial charge in [-0.15, -0.1) is 0 Å². The van der Waals surface area contributed by atoms with Gasteiger partial charge >= 0.3 is 5.97 Å². The molecule has 1 heterocycles. The number of carbonyl (C=O) groups excluding carboxylic acids is 1. The molecule has 5 nitrogen and oxygen atoms in total. The summed E-state index contributed by atoms with van der Waals surface area (Å²) in [5.41, 5.74) is 7.08. The zero-order valence-electron chi connectivity index (χ0n) is 10.5. The number of halogens is 2. The van der Waals surface area contributed by atoms with Crippen molar-refractivity contribution < 1.29 is 9.53 Å². The molecule has 0 aliphatic carbocycles. The summed E-state index contributed by atoms with van der Waals surface area (Å²) in [5, 5.41) is 3.09. The SMILES string of the molecule is COC(=O)c1cc(N)cnc1Nc1c(Br)cccc1Br. The van der Waals surface area contributed by atoms with Gasteiger partial charge in [-0.2, -0.15) is 0 Å². The highest BCUT2D eigenvalue weighted by Gasteiger charge is 2.15. The van der Waals surface area contributed by atoms with Gasteiger partial charge in [0.1, 0.15) is 11.4 Å². The fraction of sp³-hybridized carbons (Fsp3) is 0.0769. The van der Waals surface area contributed by atoms with Gasteiger partial charge in [0.2, 0.25) is 0 Å². The molecule has 0 bridgehead atoms. The highest BCUT2D eigenvalue weighted by atomic mass is 79.9. The molecule has 0 fully saturated rings. The zero-order valence-corrected chi connectivity index (χ0v) is 13.7. The lowest BCUT2D eigenvalue weighted by atomic mass is 10.2. The minimum Gasteiger partial charge on any atom is -0.465 e. The lowest BCUT2D eigenvalue weighted by Crippen LogP contribution is -2.08. The predicted octanol–water partition coefficient (Wildman–Crippen LogP) is 3.72. The minimum absolute atomic E-state index is 0.273. The molecule has 0 amide bonds. The quantitative estimate of drug-likeness (QED) is 0.767. The highest BCUT2D eigenvalue weighted by Crippen LogP contribution is 2.33. The smallest absolute Gasteiger partial charge is 0.341 e. The molecular weight excluding hydrogens is 390 g/mol. The van der Waals surface area contributed by atoms with Crippen LogP contribution in [0.2, 0.25) is 0 Å². The van der Waals surface area contributed by atoms with Crippen LogP contribution in [-0.2, 0) is 4.74 Å². The molecule has 0 saturated heterocycles. The summed E-state index contributed by atoms with van der Waals surface area (Å²) in [4.78, 5) is 15.9. The van der Waals surface area contributed by atoms with Gasteiger partial charge in [-0.1, -0.05) is 6.07 Å². The number of hydrogen-bond donors (Lipinski definition) is 2. The van der Waals surface area contributed by atoms with Crippen LogP contribution in [0.1, 0.15) is 10.4 Å². The largest absolute Gasteiger partial charge is 0.465 e. The number of hydrogen-bond acceptors (Lipinski definition) is 5. The van der Waals surface area contributed by atoms with Gasteiger partial charge in [0.05, 0.1) is 24.7 Å². The summed E-state index contributed by atoms with van der Waals surface area (Å²) in [6.07, 6.45) is 1.47. The number of nitrogens with one attached hydrogen (secondary N) is 1. The summed E-state index contributed by atoms with van der Waals surface area (Å²) in [7, 11) is 1.31. The number of aromatic nitrogens is 1. The Kier molecular flexibility index (Phi) is 4.61. The first-order valence-electron chi connectivity index (χ1n) is 5.57. The second-order valence-corrected chi connectivity index (χ2v) is 5.59. The van der Waals surface area contributed by atoms with Gasteiger partial charge in [-0.25, -0.2) is 9.78 Å². The van der Waals surface area contributed by atoms with Crippen LogP contribution >= 0.6 is 31.9 Å². The second-order valence-electron chi connectivity index (χ2n) is 3.88. The Labute approximate surface area is 132 Å². The first-order chi connectivity index (χ1) is 9.52. The maximum absolute atomic E-state index is 11.8. The van der Waals surface area contributed by atoms with E-state index in [-0.39, 0.29) is 5.56 Å². The number of anilines is 3. The Morgan fingerprint density at radius 2 is 2.00 bits per heavy atom. The fourth-order valence-corrected chi connectivity index (χ4v) is 2.78. The minimum atomic E-state index is -0.504. The standard InChI is InChI=1S/C13H11Br2N3O2/c1-20-13(19)8-5-7(16)6-17-12(8)18-11-9(14)3-2-4-10(11)15/h2-6H,16H2,1H3,(H,17,18). The number of nitrogens with zero attached hydrogens (tertiary/aromatic N) is 1. The summed E-state index contributed by atoms with van der Waals surface area (Å²) in [5.74, 6) is -0.130. The predicted molar refractivity (Wildman–Crippen MR) is 85.1 cm³/mol. The van der Waals surface area contributed by atoms with E-state index in [2.05, 4.69) is 42.2 Å². The van der Waals surface area contributed by atoms with Crippen LogP contribution in [0.3, 0.4) is 0 Å². The monoisotopic (exact) mass is 399 g/mol. The summed E-state index contributed by atoms with van der Waals surface area (Å²) in [6, 6.07) is 7.16. The van der Waals surface area contributed by atoms with Gasteiger partial charge in [0.25, 0.3) is 0 Å². The highest BCUT2D eigenvalue weighted by molar-refractivity contribution is 9.11. The van der Waals surface area contributed by atoms with Crippen molar-refractivity contribution in [2.45, 2.75) is 0 Å². The molecule has 1 aromatic carbocycles. The van der Waals surface area contributed by atoms with E-state index in [1.54, 1.807) is 0 Å². The first kappa shape index (κ1) is 14.8. The number of para-hydroxylation sites is 1. The lowest BCUT2D eigenvalue weighted by Gasteiger charge is -2.13. The number of methoxy groups -OCH3 is 1. The number of pyridine rings is 1. The molecule has 0 aliphatic heterocycles. The maximum Gasteiger partial charge on any atom is 0.341 e. The first-order valence-corrected chi connectivity index (χ1v) is 7.16. The van der Waals surface area contributed by atoms with Crippen molar-refractivity contribution in [3.63, 3.8) is 0 Å². The topological polar surface area (TPSA) is 77.2 Å². The van der Waals surface area contributed by atoms with Gasteiger partial charge in [0.15, 0.2) is 0 Å². The van der Waals surface area contributed by atoms with Gasteiger partial charge in [0, 0.05) is 8.95 Å². The third-order valence-electron chi connectivity index (χ3n) is 2.52. The van der Waals surface area contributed by atoms with Crippen LogP contribution in [0.25, 0.3) is 0 Å². The van der Waals surface area contributed by atoms with Crippen molar-refractivity contribution in [2.24, 2.45) is 0 Å². The molecule has 7 heteroatoms. The molecule has 0 spiro atoms. The normalized spacial score (nSPS) is 10.2. The molecule has 0 atom stereocenters. The Balaban J connectivity index is 2.46. The van der Waals surface area contributed by atoms with E-state index in [0.717, 1.165) is 14.6 Å². The average Bonchev–Trinajstić information content (AvgIpc) is 2.43. The fourth-order valence-electron chi connectivity index (χ4n) is 1.58. The number of esters is 1. The molecule has 1 aromatic heterocycles. The van der Waals surface area contributed by atoms with Crippen molar-refractivity contribution in [3.8, 4) is 0 Å². The number of nitrogen functional groups attached to an aromatic ring is 1. The number of rotatable bonds is 3. The molecule has 0 aliphatic rings. The van der Waals surface area contributed by atoms with E-state index in [0.29, 0.717) is 11.5 Å². The molecule has 0 unspecified atom stereocenters. The Hall–Kier alpha value is -1.60. The van der Waals surface area contributed by atoms with Gasteiger partial charge in [-0.3, -0.25) is 0 Å². The van der Waals surface area contributed by atoms with E-state index in [1.807, 2.05) is 18.2 Å². The maximum atomic E-state index is 11.8. The average molecular weight is 401 g/mol. The van der Waals surface area contributed by atoms with Crippen molar-refractivity contribution in [3.05, 3.63) is 45.0 Å². The molecule has 0 radical (unpaired) electrons. The number of benzene rings is 1.